The molecule has 246 valence electrons. The van der Waals surface area contributed by atoms with Crippen molar-refractivity contribution in [2.24, 2.45) is 9.98 Å². The molecule has 2 aromatic rings. The molecule has 2 atom stereocenters. The van der Waals surface area contributed by atoms with Crippen LogP contribution >= 0.6 is 0 Å². The zero-order chi connectivity index (χ0) is 33.5. The van der Waals surface area contributed by atoms with Crippen molar-refractivity contribution < 1.29 is 11.4 Å². The quantitative estimate of drug-likeness (QED) is 0.310. The second-order valence-corrected chi connectivity index (χ2v) is 18.9. The van der Waals surface area contributed by atoms with Gasteiger partial charge in [0.1, 0.15) is 0 Å². The first-order chi connectivity index (χ1) is 20.6. The van der Waals surface area contributed by atoms with Crippen LogP contribution in [0.4, 0.5) is 0 Å². The highest BCUT2D eigenvalue weighted by Crippen LogP contribution is 2.41. The number of hydrogen-bond donors (Lipinski definition) is 0. The van der Waals surface area contributed by atoms with Crippen molar-refractivity contribution in [3.05, 3.63) is 57.6 Å². The Hall–Kier alpha value is -2.13. The van der Waals surface area contributed by atoms with Gasteiger partial charge in [-0.3, -0.25) is 9.98 Å². The van der Waals surface area contributed by atoms with E-state index in [1.54, 1.807) is 0 Å². The molecule has 0 spiro atoms. The Morgan fingerprint density at radius 2 is 1.00 bits per heavy atom. The molecule has 1 aliphatic heterocycles. The van der Waals surface area contributed by atoms with Gasteiger partial charge in [-0.1, -0.05) is 108 Å². The molecule has 1 saturated carbocycles. The van der Waals surface area contributed by atoms with Gasteiger partial charge in [0.15, 0.2) is 0 Å². The van der Waals surface area contributed by atoms with Gasteiger partial charge in [-0.05, 0) is 82.7 Å². The lowest BCUT2D eigenvalue weighted by molar-refractivity contribution is 0.153. The molecule has 0 bridgehead atoms. The highest BCUT2D eigenvalue weighted by atomic mass is 27.3. The van der Waals surface area contributed by atoms with E-state index in [-0.39, 0.29) is 39.8 Å². The van der Waals surface area contributed by atoms with Gasteiger partial charge in [0.25, 0.3) is 0 Å². The Kier molecular flexibility index (Phi) is 10.5. The SMILES string of the molecule is CC(C)[O][Al]1[O]c2c(cc(C(C)(C)C)cc2C(C)(C)C)C=N[C@@H]2CCCC[C@H]2N=Cc2cc(C(C)(C)C)cc(C(C)(C)C)c2[O]1. The summed E-state index contributed by atoms with van der Waals surface area (Å²) in [6, 6.07) is 9.42. The number of benzene rings is 2. The van der Waals surface area contributed by atoms with Crippen molar-refractivity contribution in [3.63, 3.8) is 0 Å². The fourth-order valence-electron chi connectivity index (χ4n) is 6.02. The molecular formula is C39H59AlN2O3. The van der Waals surface area contributed by atoms with Gasteiger partial charge in [-0.25, -0.2) is 0 Å². The Bertz CT molecular complexity index is 1310. The minimum absolute atomic E-state index is 0.0330. The van der Waals surface area contributed by atoms with Crippen molar-refractivity contribution in [1.29, 1.82) is 0 Å². The van der Waals surface area contributed by atoms with E-state index in [0.717, 1.165) is 46.6 Å². The summed E-state index contributed by atoms with van der Waals surface area (Å²) < 4.78 is 20.7. The van der Waals surface area contributed by atoms with Crippen LogP contribution in [0, 0.1) is 0 Å². The van der Waals surface area contributed by atoms with Crippen molar-refractivity contribution in [2.75, 3.05) is 0 Å². The summed E-state index contributed by atoms with van der Waals surface area (Å²) in [4.78, 5) is 10.5. The van der Waals surface area contributed by atoms with Crippen LogP contribution in [0.15, 0.2) is 34.3 Å². The predicted octanol–water partition coefficient (Wildman–Crippen LogP) is 9.91. The first kappa shape index (κ1) is 35.7. The molecule has 0 amide bonds. The molecular weight excluding hydrogens is 571 g/mol. The third-order valence-corrected chi connectivity index (χ3v) is 10.5. The fraction of sp³-hybridized carbons (Fsp3) is 0.641. The van der Waals surface area contributed by atoms with Crippen molar-refractivity contribution in [1.82, 2.24) is 0 Å². The molecule has 2 aliphatic rings. The normalized spacial score (nSPS) is 19.8. The molecule has 0 saturated heterocycles. The molecule has 0 N–H and O–H groups in total. The molecule has 2 aromatic carbocycles. The first-order valence-corrected chi connectivity index (χ1v) is 18.5. The predicted molar refractivity (Wildman–Crippen MR) is 192 cm³/mol. The molecule has 5 nitrogen and oxygen atoms in total. The van der Waals surface area contributed by atoms with Crippen LogP contribution in [0.1, 0.15) is 156 Å². The van der Waals surface area contributed by atoms with Gasteiger partial charge < -0.3 is 11.4 Å². The molecule has 0 unspecified atom stereocenters. The Labute approximate surface area is 279 Å². The van der Waals surface area contributed by atoms with Crippen LogP contribution in [-0.2, 0) is 25.4 Å². The first-order valence-electron chi connectivity index (χ1n) is 17.1. The molecule has 0 aromatic heterocycles. The van der Waals surface area contributed by atoms with Crippen molar-refractivity contribution in [3.8, 4) is 11.5 Å². The lowest BCUT2D eigenvalue weighted by Gasteiger charge is -2.32. The van der Waals surface area contributed by atoms with E-state index >= 15 is 0 Å². The number of aliphatic imine (C=N–C) groups is 2. The second kappa shape index (κ2) is 13.2. The summed E-state index contributed by atoms with van der Waals surface area (Å²) in [6.45, 7) is 31.2. The third kappa shape index (κ3) is 8.82. The number of rotatable bonds is 2. The maximum Gasteiger partial charge on any atom is 1.10 e. The van der Waals surface area contributed by atoms with Gasteiger partial charge in [0.2, 0.25) is 0 Å². The minimum Gasteiger partial charge on any atom is -0.587 e. The van der Waals surface area contributed by atoms with Gasteiger partial charge in [0, 0.05) is 29.7 Å². The highest BCUT2D eigenvalue weighted by molar-refractivity contribution is 6.39. The number of nitrogens with zero attached hydrogens (tertiary/aromatic N) is 2. The smallest absolute Gasteiger partial charge is 0.587 e. The third-order valence-electron chi connectivity index (χ3n) is 8.90. The van der Waals surface area contributed by atoms with Gasteiger partial charge in [-0.15, -0.1) is 0 Å². The zero-order valence-corrected chi connectivity index (χ0v) is 31.9. The highest BCUT2D eigenvalue weighted by Gasteiger charge is 2.44. The summed E-state index contributed by atoms with van der Waals surface area (Å²) in [7, 11) is 0. The Morgan fingerprint density at radius 3 is 1.31 bits per heavy atom. The molecule has 1 fully saturated rings. The molecule has 1 heterocycles. The summed E-state index contributed by atoms with van der Waals surface area (Å²) in [5.74, 6) is 1.66. The Balaban J connectivity index is 2.05. The van der Waals surface area contributed by atoms with Crippen LogP contribution < -0.4 is 7.58 Å². The molecule has 45 heavy (non-hydrogen) atoms. The fourth-order valence-corrected chi connectivity index (χ4v) is 7.54. The van der Waals surface area contributed by atoms with Crippen molar-refractivity contribution in [2.45, 2.75) is 162 Å². The minimum atomic E-state index is -2.80. The summed E-state index contributed by atoms with van der Waals surface area (Å²) in [5, 5.41) is 0. The van der Waals surface area contributed by atoms with E-state index in [1.165, 1.54) is 24.0 Å². The average molecular weight is 631 g/mol. The molecule has 6 heteroatoms. The summed E-state index contributed by atoms with van der Waals surface area (Å²) in [6.07, 6.45) is 8.47. The van der Waals surface area contributed by atoms with E-state index in [4.69, 9.17) is 21.4 Å². The monoisotopic (exact) mass is 630 g/mol. The maximum absolute atomic E-state index is 7.06. The summed E-state index contributed by atoms with van der Waals surface area (Å²) in [5.41, 5.74) is 6.41. The second-order valence-electron chi connectivity index (χ2n) is 17.6. The Morgan fingerprint density at radius 1 is 0.622 bits per heavy atom. The van der Waals surface area contributed by atoms with Crippen LogP contribution in [0.3, 0.4) is 0 Å². The molecule has 4 rings (SSSR count). The zero-order valence-electron chi connectivity index (χ0n) is 30.7. The maximum atomic E-state index is 7.06. The lowest BCUT2D eigenvalue weighted by atomic mass is 9.79. The lowest BCUT2D eigenvalue weighted by Crippen LogP contribution is -2.38. The van der Waals surface area contributed by atoms with Crippen LogP contribution in [-0.4, -0.2) is 45.8 Å². The van der Waals surface area contributed by atoms with E-state index in [9.17, 15) is 0 Å². The van der Waals surface area contributed by atoms with Gasteiger partial charge in [0.05, 0.1) is 23.6 Å². The van der Waals surface area contributed by atoms with E-state index < -0.39 is 15.1 Å². The average Bonchev–Trinajstić information content (AvgIpc) is 2.89. The summed E-state index contributed by atoms with van der Waals surface area (Å²) >= 11 is -2.80. The van der Waals surface area contributed by atoms with Crippen molar-refractivity contribution >= 4 is 27.6 Å². The van der Waals surface area contributed by atoms with Crippen LogP contribution in [0.2, 0.25) is 0 Å². The van der Waals surface area contributed by atoms with Gasteiger partial charge >= 0.3 is 15.1 Å². The van der Waals surface area contributed by atoms with Crippen LogP contribution in [0.5, 0.6) is 11.5 Å². The van der Waals surface area contributed by atoms with Gasteiger partial charge in [-0.2, -0.15) is 0 Å². The van der Waals surface area contributed by atoms with E-state index in [2.05, 4.69) is 134 Å². The number of fused-ring (bicyclic) bond motifs is 3. The standard InChI is InChI=1S/C36H54N2O2.C3H7O.Al/c1-33(2,3)25-17-23(31(39)27(19-25)35(7,8)9)21-37-29-15-13-14-16-30(29)38-22-24-18-26(34(4,5)6)20-28(32(24)40)36(10,11)12;1-3(2)4;/h17-22,29-30,39-40H,13-16H2,1-12H3;3H,1-2H3;/q;-1;+3/p-2/t29-,30-;;/m1../s1. The molecule has 0 radical (unpaired) electrons. The number of hydrogen-bond acceptors (Lipinski definition) is 5. The van der Waals surface area contributed by atoms with E-state index in [1.807, 2.05) is 0 Å². The van der Waals surface area contributed by atoms with Crippen LogP contribution in [0.25, 0.3) is 0 Å². The molecule has 1 aliphatic carbocycles. The largest absolute Gasteiger partial charge is 1.10 e. The topological polar surface area (TPSA) is 52.4 Å². The van der Waals surface area contributed by atoms with E-state index in [0.29, 0.717) is 0 Å².